The van der Waals surface area contributed by atoms with Crippen molar-refractivity contribution in [2.24, 2.45) is 0 Å². The maximum atomic E-state index is 12.6. The molecule has 0 saturated carbocycles. The Kier molecular flexibility index (Phi) is 8.17. The second kappa shape index (κ2) is 11.2. The van der Waals surface area contributed by atoms with Crippen LogP contribution in [0.5, 0.6) is 5.75 Å². The number of aromatic nitrogens is 2. The van der Waals surface area contributed by atoms with E-state index in [0.29, 0.717) is 5.88 Å². The minimum atomic E-state index is -2.71. The number of alkyl halides is 3. The van der Waals surface area contributed by atoms with Crippen molar-refractivity contribution in [2.75, 3.05) is 12.3 Å². The summed E-state index contributed by atoms with van der Waals surface area (Å²) in [6, 6.07) is 14.7. The van der Waals surface area contributed by atoms with Crippen LogP contribution >= 0.6 is 11.6 Å². The van der Waals surface area contributed by atoms with Crippen molar-refractivity contribution in [2.45, 2.75) is 24.6 Å². The van der Waals surface area contributed by atoms with Gasteiger partial charge in [-0.2, -0.15) is 0 Å². The van der Waals surface area contributed by atoms with E-state index in [-0.39, 0.29) is 17.9 Å². The molecule has 1 atom stereocenters. The topological polar surface area (TPSA) is 101 Å². The van der Waals surface area contributed by atoms with Crippen LogP contribution in [0.25, 0.3) is 0 Å². The zero-order valence-corrected chi connectivity index (χ0v) is 18.2. The first-order valence-corrected chi connectivity index (χ1v) is 10.5. The fourth-order valence-electron chi connectivity index (χ4n) is 3.06. The lowest BCUT2D eigenvalue weighted by Gasteiger charge is -2.18. The Hall–Kier alpha value is -3.70. The number of hydrogen-bond donors (Lipinski definition) is 3. The minimum absolute atomic E-state index is 0.0291. The summed E-state index contributed by atoms with van der Waals surface area (Å²) >= 11 is 5.79. The molecule has 2 aromatic carbocycles. The van der Waals surface area contributed by atoms with E-state index in [9.17, 15) is 18.7 Å². The Balaban J connectivity index is 1.79. The third-order valence-electron chi connectivity index (χ3n) is 4.81. The van der Waals surface area contributed by atoms with Crippen molar-refractivity contribution >= 4 is 23.3 Å². The molecule has 0 aliphatic rings. The largest absolute Gasteiger partial charge is 0.503 e. The number of nitrogens with zero attached hydrogens (tertiary/aromatic N) is 2. The van der Waals surface area contributed by atoms with Crippen LogP contribution in [-0.2, 0) is 17.1 Å². The SMILES string of the molecule is Nc1ncnc(C(Cc2ccc(C#Cc3ccc(CCl)cc3)cc2)C(=O)NCC(F)F)c1O. The van der Waals surface area contributed by atoms with Crippen LogP contribution in [0.3, 0.4) is 0 Å². The summed E-state index contributed by atoms with van der Waals surface area (Å²) in [6.45, 7) is -0.808. The van der Waals surface area contributed by atoms with E-state index < -0.39 is 30.5 Å². The number of nitrogens with one attached hydrogen (secondary N) is 1. The van der Waals surface area contributed by atoms with Gasteiger partial charge in [-0.15, -0.1) is 11.6 Å². The monoisotopic (exact) mass is 470 g/mol. The molecule has 9 heteroatoms. The second-order valence-corrected chi connectivity index (χ2v) is 7.43. The molecular weight excluding hydrogens is 450 g/mol. The van der Waals surface area contributed by atoms with Crippen LogP contribution in [0.2, 0.25) is 0 Å². The summed E-state index contributed by atoms with van der Waals surface area (Å²) in [5.74, 6) is 4.18. The van der Waals surface area contributed by atoms with Gasteiger partial charge in [-0.1, -0.05) is 36.1 Å². The molecule has 170 valence electrons. The van der Waals surface area contributed by atoms with E-state index in [1.807, 2.05) is 24.3 Å². The van der Waals surface area contributed by atoms with Gasteiger partial charge in [0.05, 0.1) is 12.5 Å². The molecule has 0 fully saturated rings. The molecule has 0 spiro atoms. The van der Waals surface area contributed by atoms with E-state index in [2.05, 4.69) is 27.1 Å². The highest BCUT2D eigenvalue weighted by molar-refractivity contribution is 6.17. The average molecular weight is 471 g/mol. The lowest BCUT2D eigenvalue weighted by Crippen LogP contribution is -2.34. The van der Waals surface area contributed by atoms with E-state index in [4.69, 9.17) is 17.3 Å². The van der Waals surface area contributed by atoms with Crippen LogP contribution in [0.1, 0.15) is 33.9 Å². The zero-order valence-electron chi connectivity index (χ0n) is 17.4. The number of anilines is 1. The number of amides is 1. The van der Waals surface area contributed by atoms with Crippen LogP contribution in [-0.4, -0.2) is 34.0 Å². The summed E-state index contributed by atoms with van der Waals surface area (Å²) in [5, 5.41) is 12.4. The number of hydrogen-bond acceptors (Lipinski definition) is 5. The summed E-state index contributed by atoms with van der Waals surface area (Å²) in [5.41, 5.74) is 8.93. The number of aromatic hydroxyl groups is 1. The smallest absolute Gasteiger partial charge is 0.255 e. The van der Waals surface area contributed by atoms with Gasteiger partial charge in [0, 0.05) is 17.0 Å². The van der Waals surface area contributed by atoms with E-state index in [1.165, 1.54) is 0 Å². The highest BCUT2D eigenvalue weighted by Gasteiger charge is 2.27. The summed E-state index contributed by atoms with van der Waals surface area (Å²) in [6.07, 6.45) is -1.49. The average Bonchev–Trinajstić information content (AvgIpc) is 2.82. The molecular formula is C24H21ClF2N4O2. The number of nitrogen functional groups attached to an aromatic ring is 1. The quantitative estimate of drug-likeness (QED) is 0.362. The van der Waals surface area contributed by atoms with Crippen LogP contribution in [0.4, 0.5) is 14.6 Å². The van der Waals surface area contributed by atoms with Crippen molar-refractivity contribution in [1.82, 2.24) is 15.3 Å². The van der Waals surface area contributed by atoms with Gasteiger partial charge >= 0.3 is 0 Å². The fraction of sp³-hybridized carbons (Fsp3) is 0.208. The summed E-state index contributed by atoms with van der Waals surface area (Å²) in [7, 11) is 0. The molecule has 0 saturated heterocycles. The Labute approximate surface area is 194 Å². The van der Waals surface area contributed by atoms with Crippen LogP contribution < -0.4 is 11.1 Å². The molecule has 3 aromatic rings. The van der Waals surface area contributed by atoms with Crippen molar-refractivity contribution < 1.29 is 18.7 Å². The lowest BCUT2D eigenvalue weighted by molar-refractivity contribution is -0.123. The first kappa shape index (κ1) is 24.0. The molecule has 1 heterocycles. The fourth-order valence-corrected chi connectivity index (χ4v) is 3.24. The van der Waals surface area contributed by atoms with Gasteiger partial charge in [0.2, 0.25) is 5.91 Å². The first-order valence-electron chi connectivity index (χ1n) is 9.98. The predicted molar refractivity (Wildman–Crippen MR) is 122 cm³/mol. The molecule has 6 nitrogen and oxygen atoms in total. The number of carbonyl (C=O) groups excluding carboxylic acids is 1. The van der Waals surface area contributed by atoms with Crippen molar-refractivity contribution in [3.63, 3.8) is 0 Å². The van der Waals surface area contributed by atoms with Gasteiger partial charge in [0.25, 0.3) is 6.43 Å². The molecule has 0 aliphatic carbocycles. The van der Waals surface area contributed by atoms with Gasteiger partial charge in [-0.25, -0.2) is 18.7 Å². The first-order chi connectivity index (χ1) is 15.9. The van der Waals surface area contributed by atoms with Gasteiger partial charge in [-0.3, -0.25) is 4.79 Å². The Morgan fingerprint density at radius 3 is 2.15 bits per heavy atom. The van der Waals surface area contributed by atoms with E-state index in [1.54, 1.807) is 24.3 Å². The van der Waals surface area contributed by atoms with Gasteiger partial charge < -0.3 is 16.2 Å². The normalized spacial score (nSPS) is 11.5. The number of nitrogens with two attached hydrogens (primary N) is 1. The molecule has 1 unspecified atom stereocenters. The van der Waals surface area contributed by atoms with Crippen molar-refractivity contribution in [3.05, 3.63) is 82.8 Å². The van der Waals surface area contributed by atoms with Crippen LogP contribution in [0.15, 0.2) is 54.9 Å². The molecule has 0 radical (unpaired) electrons. The molecule has 3 rings (SSSR count). The number of benzene rings is 2. The number of carbonyl (C=O) groups is 1. The second-order valence-electron chi connectivity index (χ2n) is 7.16. The van der Waals surface area contributed by atoms with Crippen molar-refractivity contribution in [3.8, 4) is 17.6 Å². The molecule has 4 N–H and O–H groups in total. The zero-order chi connectivity index (χ0) is 23.8. The molecule has 0 aliphatic heterocycles. The molecule has 33 heavy (non-hydrogen) atoms. The standard InChI is InChI=1S/C24H21ClF2N4O2/c25-12-18-9-5-16(6-10-18)2-1-15-3-7-17(8-4-15)11-19(24(33)29-13-20(26)27)21-22(32)23(28)31-14-30-21/h3-10,14,19-20,32H,11-13H2,(H,29,33)(H2,28,30,31). The maximum Gasteiger partial charge on any atom is 0.255 e. The van der Waals surface area contributed by atoms with Crippen molar-refractivity contribution in [1.29, 1.82) is 0 Å². The maximum absolute atomic E-state index is 12.6. The Bertz CT molecular complexity index is 1160. The third kappa shape index (κ3) is 6.64. The highest BCUT2D eigenvalue weighted by Crippen LogP contribution is 2.30. The molecule has 1 aromatic heterocycles. The van der Waals surface area contributed by atoms with E-state index >= 15 is 0 Å². The highest BCUT2D eigenvalue weighted by atomic mass is 35.5. The van der Waals surface area contributed by atoms with Gasteiger partial charge in [0.15, 0.2) is 11.6 Å². The Morgan fingerprint density at radius 1 is 1.03 bits per heavy atom. The minimum Gasteiger partial charge on any atom is -0.503 e. The Morgan fingerprint density at radius 2 is 1.61 bits per heavy atom. The van der Waals surface area contributed by atoms with Gasteiger partial charge in [0.1, 0.15) is 12.0 Å². The summed E-state index contributed by atoms with van der Waals surface area (Å²) < 4.78 is 25.2. The predicted octanol–water partition coefficient (Wildman–Crippen LogP) is 3.61. The lowest BCUT2D eigenvalue weighted by atomic mass is 9.93. The van der Waals surface area contributed by atoms with E-state index in [0.717, 1.165) is 28.6 Å². The molecule has 1 amide bonds. The number of halogens is 3. The molecule has 0 bridgehead atoms. The van der Waals surface area contributed by atoms with Crippen LogP contribution in [0, 0.1) is 11.8 Å². The third-order valence-corrected chi connectivity index (χ3v) is 5.12. The summed E-state index contributed by atoms with van der Waals surface area (Å²) in [4.78, 5) is 20.2. The number of rotatable bonds is 7. The van der Waals surface area contributed by atoms with Gasteiger partial charge in [-0.05, 0) is 41.8 Å².